The van der Waals surface area contributed by atoms with Gasteiger partial charge in [-0.05, 0) is 73.2 Å². The zero-order valence-electron chi connectivity index (χ0n) is 18.1. The van der Waals surface area contributed by atoms with Gasteiger partial charge in [0.2, 0.25) is 5.91 Å². The van der Waals surface area contributed by atoms with Crippen molar-refractivity contribution in [3.63, 3.8) is 0 Å². The summed E-state index contributed by atoms with van der Waals surface area (Å²) < 4.78 is 32.9. The van der Waals surface area contributed by atoms with Crippen molar-refractivity contribution in [2.75, 3.05) is 18.0 Å². The smallest absolute Gasteiger partial charge is 0.264 e. The summed E-state index contributed by atoms with van der Waals surface area (Å²) in [7, 11) is -2.51. The van der Waals surface area contributed by atoms with Gasteiger partial charge in [-0.25, -0.2) is 8.42 Å². The molecule has 0 heterocycles. The molecule has 7 nitrogen and oxygen atoms in total. The number of anilines is 1. The van der Waals surface area contributed by atoms with Crippen molar-refractivity contribution in [2.45, 2.75) is 18.4 Å². The van der Waals surface area contributed by atoms with E-state index < -0.39 is 22.5 Å². The molecule has 1 N–H and O–H groups in total. The Morgan fingerprint density at radius 1 is 0.939 bits per heavy atom. The Morgan fingerprint density at radius 2 is 1.55 bits per heavy atom. The highest BCUT2D eigenvalue weighted by molar-refractivity contribution is 7.92. The van der Waals surface area contributed by atoms with Gasteiger partial charge in [-0.15, -0.1) is 0 Å². The molecular formula is C24H23ClN2O5S. The molecule has 3 rings (SSSR count). The van der Waals surface area contributed by atoms with E-state index in [4.69, 9.17) is 16.3 Å². The van der Waals surface area contributed by atoms with Crippen molar-refractivity contribution in [2.24, 2.45) is 0 Å². The number of ether oxygens (including phenoxy) is 1. The first-order chi connectivity index (χ1) is 15.7. The summed E-state index contributed by atoms with van der Waals surface area (Å²) in [5.74, 6) is 0.0595. The van der Waals surface area contributed by atoms with Gasteiger partial charge in [0, 0.05) is 17.1 Å². The number of nitrogens with one attached hydrogen (secondary N) is 1. The summed E-state index contributed by atoms with van der Waals surface area (Å²) in [5.41, 5.74) is 1.53. The number of benzene rings is 3. The molecule has 0 fully saturated rings. The minimum atomic E-state index is -4.08. The van der Waals surface area contributed by atoms with E-state index in [1.165, 1.54) is 55.5 Å². The zero-order valence-corrected chi connectivity index (χ0v) is 19.7. The number of sulfonamides is 1. The molecule has 0 atom stereocenters. The van der Waals surface area contributed by atoms with Crippen LogP contribution in [0.4, 0.5) is 5.69 Å². The van der Waals surface area contributed by atoms with Crippen LogP contribution in [0.15, 0.2) is 77.7 Å². The standard InChI is InChI=1S/C24H23ClN2O5S/c1-17(28)19-5-9-21(10-6-19)27(33(30,31)23-13-7-20(25)8-14-23)16-24(29)26-15-18-3-11-22(32-2)12-4-18/h3-14H,15-16H2,1-2H3,(H,26,29). The van der Waals surface area contributed by atoms with E-state index in [1.807, 2.05) is 12.1 Å². The second-order valence-electron chi connectivity index (χ2n) is 7.19. The third-order valence-corrected chi connectivity index (χ3v) is 6.94. The van der Waals surface area contributed by atoms with Crippen molar-refractivity contribution in [3.8, 4) is 5.75 Å². The van der Waals surface area contributed by atoms with Gasteiger partial charge in [-0.3, -0.25) is 13.9 Å². The van der Waals surface area contributed by atoms with Crippen LogP contribution in [-0.4, -0.2) is 33.8 Å². The fourth-order valence-electron chi connectivity index (χ4n) is 3.04. The number of carbonyl (C=O) groups excluding carboxylic acids is 2. The van der Waals surface area contributed by atoms with E-state index in [2.05, 4.69) is 5.32 Å². The Kier molecular flexibility index (Phi) is 7.73. The number of ketones is 1. The van der Waals surface area contributed by atoms with Gasteiger partial charge < -0.3 is 10.1 Å². The topological polar surface area (TPSA) is 92.8 Å². The number of hydrogen-bond acceptors (Lipinski definition) is 5. The van der Waals surface area contributed by atoms with Crippen molar-refractivity contribution in [1.29, 1.82) is 0 Å². The Labute approximate surface area is 198 Å². The minimum absolute atomic E-state index is 0.00880. The van der Waals surface area contributed by atoms with Gasteiger partial charge in [0.05, 0.1) is 17.7 Å². The Morgan fingerprint density at radius 3 is 2.09 bits per heavy atom. The molecule has 0 unspecified atom stereocenters. The molecule has 9 heteroatoms. The van der Waals surface area contributed by atoms with Crippen LogP contribution in [-0.2, 0) is 21.4 Å². The maximum Gasteiger partial charge on any atom is 0.264 e. The summed E-state index contributed by atoms with van der Waals surface area (Å²) in [4.78, 5) is 24.3. The highest BCUT2D eigenvalue weighted by Gasteiger charge is 2.27. The van der Waals surface area contributed by atoms with E-state index in [0.29, 0.717) is 16.3 Å². The quantitative estimate of drug-likeness (QED) is 0.460. The maximum absolute atomic E-state index is 13.4. The molecule has 172 valence electrons. The lowest BCUT2D eigenvalue weighted by molar-refractivity contribution is -0.119. The normalized spacial score (nSPS) is 11.0. The van der Waals surface area contributed by atoms with E-state index in [9.17, 15) is 18.0 Å². The second-order valence-corrected chi connectivity index (χ2v) is 9.49. The summed E-state index contributed by atoms with van der Waals surface area (Å²) in [6.45, 7) is 1.20. The molecule has 0 aliphatic rings. The zero-order chi connectivity index (χ0) is 24.0. The lowest BCUT2D eigenvalue weighted by Crippen LogP contribution is -2.40. The number of nitrogens with zero attached hydrogens (tertiary/aromatic N) is 1. The molecular weight excluding hydrogens is 464 g/mol. The predicted octanol–water partition coefficient (Wildman–Crippen LogP) is 4.06. The largest absolute Gasteiger partial charge is 0.497 e. The molecule has 0 radical (unpaired) electrons. The van der Waals surface area contributed by atoms with Gasteiger partial charge >= 0.3 is 0 Å². The number of amides is 1. The van der Waals surface area contributed by atoms with E-state index in [1.54, 1.807) is 19.2 Å². The molecule has 0 spiro atoms. The third-order valence-electron chi connectivity index (χ3n) is 4.90. The number of halogens is 1. The number of carbonyl (C=O) groups is 2. The van der Waals surface area contributed by atoms with E-state index in [-0.39, 0.29) is 22.9 Å². The van der Waals surface area contributed by atoms with Crippen LogP contribution in [0, 0.1) is 0 Å². The number of hydrogen-bond donors (Lipinski definition) is 1. The third kappa shape index (κ3) is 6.12. The first-order valence-electron chi connectivity index (χ1n) is 9.99. The van der Waals surface area contributed by atoms with Crippen LogP contribution >= 0.6 is 11.6 Å². The number of rotatable bonds is 9. The lowest BCUT2D eigenvalue weighted by atomic mass is 10.1. The summed E-state index contributed by atoms with van der Waals surface area (Å²) >= 11 is 5.90. The van der Waals surface area contributed by atoms with Gasteiger partial charge in [-0.1, -0.05) is 23.7 Å². The average molecular weight is 487 g/mol. The fraction of sp³-hybridized carbons (Fsp3) is 0.167. The summed E-state index contributed by atoms with van der Waals surface area (Å²) in [5, 5.41) is 3.13. The van der Waals surface area contributed by atoms with Crippen LogP contribution in [0.2, 0.25) is 5.02 Å². The van der Waals surface area contributed by atoms with Crippen LogP contribution in [0.25, 0.3) is 0 Å². The van der Waals surface area contributed by atoms with Gasteiger partial charge in [0.1, 0.15) is 12.3 Å². The predicted molar refractivity (Wildman–Crippen MR) is 127 cm³/mol. The monoisotopic (exact) mass is 486 g/mol. The molecule has 0 bridgehead atoms. The number of methoxy groups -OCH3 is 1. The van der Waals surface area contributed by atoms with Crippen molar-refractivity contribution in [1.82, 2.24) is 5.32 Å². The molecule has 1 amide bonds. The maximum atomic E-state index is 13.4. The lowest BCUT2D eigenvalue weighted by Gasteiger charge is -2.24. The van der Waals surface area contributed by atoms with Gasteiger partial charge in [0.15, 0.2) is 5.78 Å². The van der Waals surface area contributed by atoms with Crippen LogP contribution in [0.1, 0.15) is 22.8 Å². The number of Topliss-reactive ketones (excluding diaryl/α,β-unsaturated/α-hetero) is 1. The Bertz CT molecular complexity index is 1230. The van der Waals surface area contributed by atoms with E-state index in [0.717, 1.165) is 9.87 Å². The van der Waals surface area contributed by atoms with Crippen molar-refractivity contribution in [3.05, 3.63) is 88.9 Å². The molecule has 0 aliphatic carbocycles. The highest BCUT2D eigenvalue weighted by atomic mass is 35.5. The molecule has 3 aromatic rings. The van der Waals surface area contributed by atoms with Crippen molar-refractivity contribution >= 4 is 39.0 Å². The summed E-state index contributed by atoms with van der Waals surface area (Å²) in [6.07, 6.45) is 0. The van der Waals surface area contributed by atoms with Gasteiger partial charge in [-0.2, -0.15) is 0 Å². The Hall–Kier alpha value is -3.36. The van der Waals surface area contributed by atoms with Crippen LogP contribution in [0.3, 0.4) is 0 Å². The van der Waals surface area contributed by atoms with Crippen molar-refractivity contribution < 1.29 is 22.7 Å². The average Bonchev–Trinajstić information content (AvgIpc) is 2.81. The first kappa shape index (κ1) is 24.3. The molecule has 0 aromatic heterocycles. The molecule has 0 saturated carbocycles. The van der Waals surface area contributed by atoms with Crippen LogP contribution < -0.4 is 14.4 Å². The second kappa shape index (κ2) is 10.5. The first-order valence-corrected chi connectivity index (χ1v) is 11.8. The molecule has 33 heavy (non-hydrogen) atoms. The molecule has 0 aliphatic heterocycles. The van der Waals surface area contributed by atoms with Crippen LogP contribution in [0.5, 0.6) is 5.75 Å². The fourth-order valence-corrected chi connectivity index (χ4v) is 4.59. The highest BCUT2D eigenvalue weighted by Crippen LogP contribution is 2.25. The molecule has 3 aromatic carbocycles. The Balaban J connectivity index is 1.85. The minimum Gasteiger partial charge on any atom is -0.497 e. The van der Waals surface area contributed by atoms with E-state index >= 15 is 0 Å². The molecule has 0 saturated heterocycles. The SMILES string of the molecule is COc1ccc(CNC(=O)CN(c2ccc(C(C)=O)cc2)S(=O)(=O)c2ccc(Cl)cc2)cc1. The van der Waals surface area contributed by atoms with Gasteiger partial charge in [0.25, 0.3) is 10.0 Å². The summed E-state index contributed by atoms with van der Waals surface area (Å²) in [6, 6.07) is 18.9.